The van der Waals surface area contributed by atoms with Crippen LogP contribution in [0.25, 0.3) is 11.5 Å². The van der Waals surface area contributed by atoms with Gasteiger partial charge in [-0.1, -0.05) is 54.6 Å². The highest BCUT2D eigenvalue weighted by molar-refractivity contribution is 5.95. The van der Waals surface area contributed by atoms with Gasteiger partial charge in [0.05, 0.1) is 5.92 Å². The third-order valence-electron chi connectivity index (χ3n) is 9.93. The summed E-state index contributed by atoms with van der Waals surface area (Å²) in [4.78, 5) is 67.9. The molecular formula is C46H61N9O10. The van der Waals surface area contributed by atoms with Gasteiger partial charge in [-0.25, -0.2) is 15.4 Å². The molecule has 1 heterocycles. The van der Waals surface area contributed by atoms with Crippen molar-refractivity contribution in [2.75, 3.05) is 0 Å². The highest BCUT2D eigenvalue weighted by Gasteiger charge is 2.37. The molecule has 0 spiro atoms. The SMILES string of the molecule is CC(C)(C)OC(=O)NC1CC(C(=O)NNC(=O)c2ccccc2)C1.CC(C)(C)OC(=O)NC1CC(C(=O)O)C1.NC1CC(c2nnc(-c3ccccc3)o2)C1.NNC(=O)c1ccccc1. The second kappa shape index (κ2) is 23.7. The summed E-state index contributed by atoms with van der Waals surface area (Å²) in [6, 6.07) is 27.4. The maximum absolute atomic E-state index is 12.0. The number of nitrogens with zero attached hydrogens (tertiary/aromatic N) is 2. The smallest absolute Gasteiger partial charge is 0.407 e. The van der Waals surface area contributed by atoms with E-state index in [2.05, 4.69) is 31.7 Å². The number of ether oxygens (including phenoxy) is 2. The van der Waals surface area contributed by atoms with Crippen molar-refractivity contribution < 1.29 is 47.8 Å². The lowest BCUT2D eigenvalue weighted by Gasteiger charge is -2.35. The minimum Gasteiger partial charge on any atom is -0.481 e. The molecule has 7 rings (SSSR count). The molecule has 0 radical (unpaired) electrons. The molecule has 3 saturated carbocycles. The second-order valence-corrected chi connectivity index (χ2v) is 17.7. The van der Waals surface area contributed by atoms with Gasteiger partial charge in [0, 0.05) is 46.7 Å². The lowest BCUT2D eigenvalue weighted by Crippen LogP contribution is -2.53. The summed E-state index contributed by atoms with van der Waals surface area (Å²) in [5.41, 5.74) is 13.5. The third kappa shape index (κ3) is 17.7. The number of carbonyl (C=O) groups is 6. The summed E-state index contributed by atoms with van der Waals surface area (Å²) in [5, 5.41) is 22.1. The Labute approximate surface area is 378 Å². The second-order valence-electron chi connectivity index (χ2n) is 17.7. The number of aliphatic carboxylic acids is 1. The Balaban J connectivity index is 0.000000198. The zero-order valence-electron chi connectivity index (χ0n) is 37.5. The van der Waals surface area contributed by atoms with Crippen molar-refractivity contribution in [3.63, 3.8) is 0 Å². The highest BCUT2D eigenvalue weighted by Crippen LogP contribution is 2.36. The number of nitrogens with one attached hydrogen (secondary N) is 5. The first kappa shape index (κ1) is 50.8. The first-order valence-electron chi connectivity index (χ1n) is 21.3. The lowest BCUT2D eigenvalue weighted by atomic mass is 9.80. The molecular weight excluding hydrogens is 839 g/mol. The molecule has 0 bridgehead atoms. The zero-order valence-corrected chi connectivity index (χ0v) is 37.5. The maximum Gasteiger partial charge on any atom is 0.407 e. The van der Waals surface area contributed by atoms with Crippen LogP contribution in [-0.2, 0) is 19.1 Å². The Morgan fingerprint density at radius 3 is 1.51 bits per heavy atom. The Bertz CT molecular complexity index is 2160. The summed E-state index contributed by atoms with van der Waals surface area (Å²) in [5.74, 6) is 4.34. The third-order valence-corrected chi connectivity index (χ3v) is 9.93. The van der Waals surface area contributed by atoms with E-state index in [1.165, 1.54) is 0 Å². The van der Waals surface area contributed by atoms with E-state index in [0.29, 0.717) is 54.7 Å². The van der Waals surface area contributed by atoms with Crippen molar-refractivity contribution in [3.05, 3.63) is 108 Å². The van der Waals surface area contributed by atoms with Crippen LogP contribution in [0, 0.1) is 11.8 Å². The zero-order chi connectivity index (χ0) is 47.7. The molecule has 0 unspecified atom stereocenters. The predicted molar refractivity (Wildman–Crippen MR) is 239 cm³/mol. The number of nitrogen functional groups attached to an aromatic ring is 1. The van der Waals surface area contributed by atoms with E-state index in [1.807, 2.05) is 47.9 Å². The van der Waals surface area contributed by atoms with Gasteiger partial charge < -0.3 is 35.4 Å². The molecule has 19 heteroatoms. The van der Waals surface area contributed by atoms with Gasteiger partial charge in [-0.15, -0.1) is 10.2 Å². The van der Waals surface area contributed by atoms with Crippen molar-refractivity contribution in [1.29, 1.82) is 0 Å². The molecule has 3 aliphatic carbocycles. The average molecular weight is 900 g/mol. The Morgan fingerprint density at radius 2 is 1.08 bits per heavy atom. The summed E-state index contributed by atoms with van der Waals surface area (Å²) in [6.07, 6.45) is 2.98. The van der Waals surface area contributed by atoms with Crippen molar-refractivity contribution in [2.45, 2.75) is 115 Å². The highest BCUT2D eigenvalue weighted by atomic mass is 16.6. The fourth-order valence-electron chi connectivity index (χ4n) is 6.35. The number of hydrazine groups is 2. The monoisotopic (exact) mass is 899 g/mol. The van der Waals surface area contributed by atoms with E-state index >= 15 is 0 Å². The molecule has 65 heavy (non-hydrogen) atoms. The first-order valence-corrected chi connectivity index (χ1v) is 21.3. The van der Waals surface area contributed by atoms with Crippen LogP contribution < -0.4 is 38.5 Å². The van der Waals surface area contributed by atoms with Gasteiger partial charge in [0.2, 0.25) is 17.7 Å². The molecule has 1 aromatic heterocycles. The van der Waals surface area contributed by atoms with Crippen LogP contribution in [0.15, 0.2) is 95.4 Å². The number of hydrogen-bond donors (Lipinski definition) is 8. The van der Waals surface area contributed by atoms with Crippen molar-refractivity contribution in [1.82, 2.24) is 37.1 Å². The minimum atomic E-state index is -0.794. The normalized spacial score (nSPS) is 20.4. The summed E-state index contributed by atoms with van der Waals surface area (Å²) >= 11 is 0. The summed E-state index contributed by atoms with van der Waals surface area (Å²) < 4.78 is 15.8. The van der Waals surface area contributed by atoms with Gasteiger partial charge in [0.15, 0.2) is 0 Å². The molecule has 0 saturated heterocycles. The molecule has 0 aliphatic heterocycles. The number of amides is 5. The molecule has 10 N–H and O–H groups in total. The molecule has 3 fully saturated rings. The molecule has 350 valence electrons. The van der Waals surface area contributed by atoms with E-state index in [0.717, 1.165) is 24.3 Å². The number of hydrogen-bond acceptors (Lipinski definition) is 13. The molecule has 4 aromatic rings. The van der Waals surface area contributed by atoms with Crippen LogP contribution in [0.1, 0.15) is 113 Å². The van der Waals surface area contributed by atoms with Gasteiger partial charge in [-0.2, -0.15) is 0 Å². The van der Waals surface area contributed by atoms with Gasteiger partial charge in [-0.3, -0.25) is 35.5 Å². The van der Waals surface area contributed by atoms with Crippen LogP contribution in [0.3, 0.4) is 0 Å². The van der Waals surface area contributed by atoms with Crippen LogP contribution >= 0.6 is 0 Å². The molecule has 19 nitrogen and oxygen atoms in total. The van der Waals surface area contributed by atoms with E-state index in [1.54, 1.807) is 90.1 Å². The van der Waals surface area contributed by atoms with Gasteiger partial charge >= 0.3 is 18.2 Å². The maximum atomic E-state index is 12.0. The van der Waals surface area contributed by atoms with E-state index in [-0.39, 0.29) is 41.6 Å². The quantitative estimate of drug-likeness (QED) is 0.0628. The molecule has 0 atom stereocenters. The topological polar surface area (TPSA) is 292 Å². The van der Waals surface area contributed by atoms with Crippen LogP contribution in [0.4, 0.5) is 9.59 Å². The van der Waals surface area contributed by atoms with Crippen LogP contribution in [0.5, 0.6) is 0 Å². The fourth-order valence-corrected chi connectivity index (χ4v) is 6.35. The number of carboxylic acid groups (broad SMARTS) is 1. The van der Waals surface area contributed by atoms with Crippen molar-refractivity contribution >= 4 is 35.9 Å². The number of rotatable bonds is 8. The molecule has 3 aromatic carbocycles. The number of benzene rings is 3. The van der Waals surface area contributed by atoms with Gasteiger partial charge in [-0.05, 0) is 116 Å². The predicted octanol–water partition coefficient (Wildman–Crippen LogP) is 5.36. The van der Waals surface area contributed by atoms with E-state index in [4.69, 9.17) is 30.6 Å². The largest absolute Gasteiger partial charge is 0.481 e. The number of aromatic nitrogens is 2. The van der Waals surface area contributed by atoms with Gasteiger partial charge in [0.25, 0.3) is 11.8 Å². The van der Waals surface area contributed by atoms with Crippen molar-refractivity contribution in [3.8, 4) is 11.5 Å². The summed E-state index contributed by atoms with van der Waals surface area (Å²) in [7, 11) is 0. The molecule has 5 amide bonds. The number of carboxylic acids is 1. The number of alkyl carbamates (subject to hydrolysis) is 2. The van der Waals surface area contributed by atoms with Crippen LogP contribution in [0.2, 0.25) is 0 Å². The van der Waals surface area contributed by atoms with Gasteiger partial charge in [0.1, 0.15) is 11.2 Å². The first-order chi connectivity index (χ1) is 30.7. The Morgan fingerprint density at radius 1 is 0.631 bits per heavy atom. The Hall–Kier alpha value is -6.86. The van der Waals surface area contributed by atoms with E-state index in [9.17, 15) is 28.8 Å². The summed E-state index contributed by atoms with van der Waals surface area (Å²) in [6.45, 7) is 10.7. The standard InChI is InChI=1S/C17H23N3O4.C12H13N3O.C10H17NO4.C7H8N2O/c1-17(2,3)24-16(23)18-13-9-12(10-13)15(22)20-19-14(21)11-7-5-4-6-8-11;13-10-6-9(7-10)12-15-14-11(16-12)8-4-2-1-3-5-8;1-10(2,3)15-9(14)11-7-4-6(5-7)8(12)13;8-9-7(10)6-4-2-1-3-5-6/h4-8,12-13H,9-10H2,1-3H3,(H,18,23)(H,19,21)(H,20,22);1-5,9-10H,6-7,13H2;6-7H,4-5H2,1-3H3,(H,11,14)(H,12,13);1-5H,8H2,(H,9,10). The number of carbonyl (C=O) groups excluding carboxylic acids is 5. The van der Waals surface area contributed by atoms with E-state index < -0.39 is 29.4 Å². The minimum absolute atomic E-state index is 0.0547. The lowest BCUT2D eigenvalue weighted by molar-refractivity contribution is -0.145. The number of nitrogens with two attached hydrogens (primary N) is 2. The molecule has 3 aliphatic rings. The van der Waals surface area contributed by atoms with Crippen LogP contribution in [-0.4, -0.2) is 80.5 Å². The average Bonchev–Trinajstić information content (AvgIpc) is 3.71. The Kier molecular flexibility index (Phi) is 18.5. The fraction of sp³-hybridized carbons (Fsp3) is 0.435. The van der Waals surface area contributed by atoms with Crippen molar-refractivity contribution in [2.24, 2.45) is 23.4 Å².